The Morgan fingerprint density at radius 2 is 1.71 bits per heavy atom. The molecule has 4 aromatic rings. The lowest BCUT2D eigenvalue weighted by Crippen LogP contribution is -2.02. The van der Waals surface area contributed by atoms with E-state index in [9.17, 15) is 5.11 Å². The molecule has 7 heteroatoms. The molecule has 3 aromatic carbocycles. The molecule has 138 valence electrons. The molecule has 0 radical (unpaired) electrons. The molecule has 0 bridgehead atoms. The number of fused-ring (bicyclic) bond motifs is 1. The van der Waals surface area contributed by atoms with Gasteiger partial charge >= 0.3 is 0 Å². The zero-order valence-electron chi connectivity index (χ0n) is 15.1. The van der Waals surface area contributed by atoms with E-state index in [4.69, 9.17) is 0 Å². The van der Waals surface area contributed by atoms with Crippen LogP contribution in [-0.4, -0.2) is 15.9 Å². The number of phenols is 1. The summed E-state index contributed by atoms with van der Waals surface area (Å²) in [6.07, 6.45) is 0. The summed E-state index contributed by atoms with van der Waals surface area (Å²) in [7, 11) is 0. The van der Waals surface area contributed by atoms with Gasteiger partial charge in [0.1, 0.15) is 5.75 Å². The van der Waals surface area contributed by atoms with E-state index in [1.165, 1.54) is 11.3 Å². The second-order valence-electron chi connectivity index (χ2n) is 6.04. The Bertz CT molecular complexity index is 1150. The summed E-state index contributed by atoms with van der Waals surface area (Å²) in [6, 6.07) is 22.5. The quantitative estimate of drug-likeness (QED) is 0.199. The van der Waals surface area contributed by atoms with Crippen LogP contribution < -0.4 is 5.43 Å². The first-order valence-electron chi connectivity index (χ1n) is 8.66. The minimum absolute atomic E-state index is 0.0797. The molecule has 0 amide bonds. The van der Waals surface area contributed by atoms with Crippen LogP contribution in [0.15, 0.2) is 88.1 Å². The number of benzene rings is 3. The van der Waals surface area contributed by atoms with E-state index in [0.29, 0.717) is 10.7 Å². The van der Waals surface area contributed by atoms with Crippen molar-refractivity contribution in [1.29, 1.82) is 0 Å². The van der Waals surface area contributed by atoms with Gasteiger partial charge in [-0.25, -0.2) is 4.98 Å². The third-order valence-corrected chi connectivity index (χ3v) is 5.01. The molecule has 28 heavy (non-hydrogen) atoms. The number of amidine groups is 1. The lowest BCUT2D eigenvalue weighted by atomic mass is 10.2. The summed E-state index contributed by atoms with van der Waals surface area (Å²) >= 11 is 1.45. The van der Waals surface area contributed by atoms with Crippen molar-refractivity contribution in [2.75, 3.05) is 5.43 Å². The van der Waals surface area contributed by atoms with Crippen LogP contribution in [0, 0.1) is 6.92 Å². The third-order valence-electron chi connectivity index (χ3n) is 4.09. The maximum atomic E-state index is 10.2. The fourth-order valence-corrected chi connectivity index (χ4v) is 3.39. The molecule has 0 saturated carbocycles. The van der Waals surface area contributed by atoms with Crippen molar-refractivity contribution in [1.82, 2.24) is 4.98 Å². The van der Waals surface area contributed by atoms with Gasteiger partial charge in [0.05, 0.1) is 21.5 Å². The molecule has 0 saturated heterocycles. The Hall–Kier alpha value is -3.58. The second kappa shape index (κ2) is 7.98. The van der Waals surface area contributed by atoms with Crippen molar-refractivity contribution in [2.24, 2.45) is 15.3 Å². The van der Waals surface area contributed by atoms with Crippen molar-refractivity contribution < 1.29 is 5.11 Å². The standard InChI is InChI=1S/C21H17N5OS/c1-14-8-2-4-10-16(14)23-24-20(15-9-3-6-12-18(15)27)25-26-21-22-17-11-5-7-13-19(17)28-21/h2-13,23,27H,1H3. The summed E-state index contributed by atoms with van der Waals surface area (Å²) in [5, 5.41) is 23.6. The molecule has 0 atom stereocenters. The average molecular weight is 387 g/mol. The van der Waals surface area contributed by atoms with E-state index in [1.807, 2.05) is 61.5 Å². The van der Waals surface area contributed by atoms with Crippen molar-refractivity contribution in [3.8, 4) is 5.75 Å². The van der Waals surface area contributed by atoms with Crippen LogP contribution in [0.1, 0.15) is 11.1 Å². The van der Waals surface area contributed by atoms with Crippen LogP contribution in [0.3, 0.4) is 0 Å². The Balaban J connectivity index is 1.69. The topological polar surface area (TPSA) is 82.2 Å². The van der Waals surface area contributed by atoms with Crippen LogP contribution in [0.25, 0.3) is 10.2 Å². The highest BCUT2D eigenvalue weighted by molar-refractivity contribution is 7.21. The van der Waals surface area contributed by atoms with E-state index in [0.717, 1.165) is 21.5 Å². The first-order valence-corrected chi connectivity index (χ1v) is 9.47. The zero-order chi connectivity index (χ0) is 19.3. The Labute approximate surface area is 165 Å². The number of hydrogen-bond acceptors (Lipinski definition) is 6. The Kier molecular flexibility index (Phi) is 5.07. The lowest BCUT2D eigenvalue weighted by molar-refractivity contribution is 0.474. The van der Waals surface area contributed by atoms with E-state index < -0.39 is 0 Å². The van der Waals surface area contributed by atoms with Crippen molar-refractivity contribution in [3.63, 3.8) is 0 Å². The molecule has 6 nitrogen and oxygen atoms in total. The molecular weight excluding hydrogens is 370 g/mol. The van der Waals surface area contributed by atoms with Gasteiger partial charge < -0.3 is 5.11 Å². The number of anilines is 1. The number of aryl methyl sites for hydroxylation is 1. The van der Waals surface area contributed by atoms with Crippen LogP contribution in [0.5, 0.6) is 5.75 Å². The first-order chi connectivity index (χ1) is 13.7. The van der Waals surface area contributed by atoms with Crippen LogP contribution >= 0.6 is 11.3 Å². The number of azo groups is 1. The fourth-order valence-electron chi connectivity index (χ4n) is 2.60. The van der Waals surface area contributed by atoms with Crippen LogP contribution in [0.2, 0.25) is 0 Å². The van der Waals surface area contributed by atoms with Gasteiger partial charge in [-0.15, -0.1) is 10.2 Å². The minimum Gasteiger partial charge on any atom is -0.507 e. The summed E-state index contributed by atoms with van der Waals surface area (Å²) < 4.78 is 1.04. The van der Waals surface area contributed by atoms with E-state index in [1.54, 1.807) is 18.2 Å². The molecule has 0 spiro atoms. The van der Waals surface area contributed by atoms with Gasteiger partial charge in [-0.2, -0.15) is 5.10 Å². The number of phenolic OH excluding ortho intramolecular Hbond substituents is 1. The highest BCUT2D eigenvalue weighted by Crippen LogP contribution is 2.28. The normalized spacial score (nSPS) is 12.0. The average Bonchev–Trinajstić information content (AvgIpc) is 3.13. The number of rotatable bonds is 4. The van der Waals surface area contributed by atoms with Gasteiger partial charge in [-0.1, -0.05) is 53.8 Å². The highest BCUT2D eigenvalue weighted by atomic mass is 32.1. The maximum Gasteiger partial charge on any atom is 0.231 e. The smallest absolute Gasteiger partial charge is 0.231 e. The van der Waals surface area contributed by atoms with Crippen molar-refractivity contribution in [2.45, 2.75) is 6.92 Å². The number of hydrazone groups is 1. The molecule has 4 rings (SSSR count). The van der Waals surface area contributed by atoms with Crippen molar-refractivity contribution in [3.05, 3.63) is 83.9 Å². The maximum absolute atomic E-state index is 10.2. The minimum atomic E-state index is 0.0797. The van der Waals surface area contributed by atoms with E-state index in [-0.39, 0.29) is 11.6 Å². The number of aromatic hydroxyl groups is 1. The highest BCUT2D eigenvalue weighted by Gasteiger charge is 2.10. The van der Waals surface area contributed by atoms with Crippen LogP contribution in [-0.2, 0) is 0 Å². The number of hydrogen-bond donors (Lipinski definition) is 2. The van der Waals surface area contributed by atoms with Crippen LogP contribution in [0.4, 0.5) is 10.8 Å². The van der Waals surface area contributed by atoms with Gasteiger partial charge in [0.15, 0.2) is 0 Å². The van der Waals surface area contributed by atoms with Gasteiger partial charge in [0.25, 0.3) is 0 Å². The van der Waals surface area contributed by atoms with E-state index in [2.05, 4.69) is 25.7 Å². The Morgan fingerprint density at radius 1 is 0.964 bits per heavy atom. The number of aromatic nitrogens is 1. The third kappa shape index (κ3) is 3.89. The molecular formula is C21H17N5OS. The molecule has 0 fully saturated rings. The number of nitrogens with zero attached hydrogens (tertiary/aromatic N) is 4. The molecule has 0 unspecified atom stereocenters. The van der Waals surface area contributed by atoms with Gasteiger partial charge in [0.2, 0.25) is 11.0 Å². The van der Waals surface area contributed by atoms with E-state index >= 15 is 0 Å². The molecule has 0 aliphatic rings. The molecule has 0 aliphatic carbocycles. The number of para-hydroxylation sites is 3. The SMILES string of the molecule is Cc1ccccc1NN=C(N=Nc1nc2ccccc2s1)c1ccccc1O. The summed E-state index contributed by atoms with van der Waals surface area (Å²) in [5.74, 6) is 0.344. The van der Waals surface area contributed by atoms with Crippen molar-refractivity contribution >= 4 is 38.2 Å². The Morgan fingerprint density at radius 3 is 2.54 bits per heavy atom. The molecule has 1 heterocycles. The second-order valence-corrected chi connectivity index (χ2v) is 7.05. The van der Waals surface area contributed by atoms with Gasteiger partial charge in [-0.3, -0.25) is 5.43 Å². The molecule has 2 N–H and O–H groups in total. The zero-order valence-corrected chi connectivity index (χ0v) is 15.9. The van der Waals surface area contributed by atoms with Gasteiger partial charge in [-0.05, 0) is 42.8 Å². The van der Waals surface area contributed by atoms with Gasteiger partial charge in [0, 0.05) is 0 Å². The largest absolute Gasteiger partial charge is 0.507 e. The number of thiazole rings is 1. The fraction of sp³-hybridized carbons (Fsp3) is 0.0476. The monoisotopic (exact) mass is 387 g/mol. The first kappa shape index (κ1) is 17.8. The number of nitrogens with one attached hydrogen (secondary N) is 1. The lowest BCUT2D eigenvalue weighted by Gasteiger charge is -2.06. The molecule has 1 aromatic heterocycles. The predicted molar refractivity (Wildman–Crippen MR) is 114 cm³/mol. The predicted octanol–water partition coefficient (Wildman–Crippen LogP) is 5.87. The summed E-state index contributed by atoms with van der Waals surface area (Å²) in [6.45, 7) is 1.99. The summed E-state index contributed by atoms with van der Waals surface area (Å²) in [5.41, 5.74) is 6.26. The molecule has 0 aliphatic heterocycles. The summed E-state index contributed by atoms with van der Waals surface area (Å²) in [4.78, 5) is 4.45.